The highest BCUT2D eigenvalue weighted by Crippen LogP contribution is 2.39. The van der Waals surface area contributed by atoms with Crippen molar-refractivity contribution in [1.29, 1.82) is 0 Å². The van der Waals surface area contributed by atoms with Crippen LogP contribution in [0.3, 0.4) is 0 Å². The van der Waals surface area contributed by atoms with Gasteiger partial charge in [0.1, 0.15) is 0 Å². The number of halogens is 1. The molecular weight excluding hydrogens is 380 g/mol. The van der Waals surface area contributed by atoms with Gasteiger partial charge in [-0.05, 0) is 54.3 Å². The molecule has 0 spiro atoms. The Kier molecular flexibility index (Phi) is 5.67. The van der Waals surface area contributed by atoms with E-state index in [9.17, 15) is 0 Å². The van der Waals surface area contributed by atoms with Crippen LogP contribution in [0, 0.1) is 0 Å². The average molecular weight is 405 g/mol. The molecule has 0 amide bonds. The van der Waals surface area contributed by atoms with Gasteiger partial charge in [-0.3, -0.25) is 5.43 Å². The van der Waals surface area contributed by atoms with E-state index in [4.69, 9.17) is 9.47 Å². The number of ether oxygens (including phenoxy) is 2. The van der Waals surface area contributed by atoms with Crippen molar-refractivity contribution in [1.82, 2.24) is 10.4 Å². The summed E-state index contributed by atoms with van der Waals surface area (Å²) >= 11 is 3.53. The Balaban J connectivity index is 2.19. The lowest BCUT2D eigenvalue weighted by Crippen LogP contribution is -2.44. The van der Waals surface area contributed by atoms with Gasteiger partial charge in [0.05, 0.1) is 20.3 Å². The molecule has 1 N–H and O–H groups in total. The Morgan fingerprint density at radius 1 is 1.12 bits per heavy atom. The summed E-state index contributed by atoms with van der Waals surface area (Å²) in [6.45, 7) is 5.29. The van der Waals surface area contributed by atoms with Gasteiger partial charge in [-0.1, -0.05) is 35.0 Å². The number of nitrogens with one attached hydrogen (secondary N) is 1. The van der Waals surface area contributed by atoms with Gasteiger partial charge in [0.2, 0.25) is 0 Å². The number of hydrogen-bond donors (Lipinski definition) is 1. The Morgan fingerprint density at radius 3 is 2.36 bits per heavy atom. The number of nitrogens with zero attached hydrogens (tertiary/aromatic N) is 1. The first-order valence-corrected chi connectivity index (χ1v) is 9.39. The molecule has 0 aromatic heterocycles. The van der Waals surface area contributed by atoms with Gasteiger partial charge in [0, 0.05) is 17.1 Å². The quantitative estimate of drug-likeness (QED) is 0.821. The lowest BCUT2D eigenvalue weighted by atomic mass is 9.91. The van der Waals surface area contributed by atoms with Crippen molar-refractivity contribution in [3.05, 3.63) is 57.6 Å². The lowest BCUT2D eigenvalue weighted by molar-refractivity contribution is 0.139. The molecule has 1 heterocycles. The van der Waals surface area contributed by atoms with Gasteiger partial charge in [0.25, 0.3) is 0 Å². The maximum Gasteiger partial charge on any atom is 0.161 e. The molecular formula is C20H25BrN2O2. The van der Waals surface area contributed by atoms with Gasteiger partial charge < -0.3 is 9.47 Å². The summed E-state index contributed by atoms with van der Waals surface area (Å²) in [5.74, 6) is 1.56. The van der Waals surface area contributed by atoms with Gasteiger partial charge in [-0.25, -0.2) is 5.01 Å². The second-order valence-electron chi connectivity index (χ2n) is 6.38. The monoisotopic (exact) mass is 404 g/mol. The molecule has 0 bridgehead atoms. The normalized spacial score (nSPS) is 20.7. The molecule has 0 aliphatic carbocycles. The van der Waals surface area contributed by atoms with E-state index < -0.39 is 0 Å². The van der Waals surface area contributed by atoms with Crippen LogP contribution in [-0.2, 0) is 6.42 Å². The van der Waals surface area contributed by atoms with E-state index in [0.717, 1.165) is 28.9 Å². The minimum absolute atomic E-state index is 0.123. The summed E-state index contributed by atoms with van der Waals surface area (Å²) in [6, 6.07) is 13.3. The Hall–Kier alpha value is -1.56. The molecule has 4 nitrogen and oxygen atoms in total. The van der Waals surface area contributed by atoms with Crippen molar-refractivity contribution >= 4 is 15.9 Å². The fourth-order valence-electron chi connectivity index (χ4n) is 3.55. The van der Waals surface area contributed by atoms with Crippen LogP contribution in [0.4, 0.5) is 0 Å². The van der Waals surface area contributed by atoms with Crippen LogP contribution in [-0.4, -0.2) is 31.8 Å². The number of hydrazine groups is 1. The minimum atomic E-state index is 0.123. The van der Waals surface area contributed by atoms with E-state index in [1.54, 1.807) is 14.2 Å². The second kappa shape index (κ2) is 7.77. The molecule has 5 heteroatoms. The van der Waals surface area contributed by atoms with Gasteiger partial charge in [-0.2, -0.15) is 0 Å². The zero-order valence-electron chi connectivity index (χ0n) is 15.2. The molecule has 2 aromatic rings. The first kappa shape index (κ1) is 18.2. The van der Waals surface area contributed by atoms with Gasteiger partial charge in [-0.15, -0.1) is 0 Å². The largest absolute Gasteiger partial charge is 0.493 e. The molecule has 25 heavy (non-hydrogen) atoms. The Labute approximate surface area is 158 Å². The smallest absolute Gasteiger partial charge is 0.161 e. The molecule has 2 atom stereocenters. The molecule has 134 valence electrons. The van der Waals surface area contributed by atoms with E-state index in [1.165, 1.54) is 16.7 Å². The summed E-state index contributed by atoms with van der Waals surface area (Å²) in [6.07, 6.45) is 0.944. The van der Waals surface area contributed by atoms with Crippen molar-refractivity contribution in [2.45, 2.75) is 32.4 Å². The van der Waals surface area contributed by atoms with Crippen LogP contribution in [0.5, 0.6) is 11.5 Å². The SMILES string of the molecule is CCN1NC(C)Cc2cc(OC)c(OC)cc2C1c1ccc(Br)cc1. The zero-order valence-corrected chi connectivity index (χ0v) is 16.8. The highest BCUT2D eigenvalue weighted by molar-refractivity contribution is 9.10. The van der Waals surface area contributed by atoms with E-state index >= 15 is 0 Å². The van der Waals surface area contributed by atoms with E-state index in [2.05, 4.69) is 76.6 Å². The molecule has 2 aromatic carbocycles. The first-order valence-electron chi connectivity index (χ1n) is 8.60. The topological polar surface area (TPSA) is 33.7 Å². The third-order valence-corrected chi connectivity index (χ3v) is 5.22. The highest BCUT2D eigenvalue weighted by Gasteiger charge is 2.30. The van der Waals surface area contributed by atoms with Crippen LogP contribution in [0.25, 0.3) is 0 Å². The zero-order chi connectivity index (χ0) is 18.0. The summed E-state index contributed by atoms with van der Waals surface area (Å²) in [7, 11) is 3.38. The fourth-order valence-corrected chi connectivity index (χ4v) is 3.81. The Bertz CT molecular complexity index is 733. The molecule has 0 saturated heterocycles. The summed E-state index contributed by atoms with van der Waals surface area (Å²) in [5, 5.41) is 2.31. The fraction of sp³-hybridized carbons (Fsp3) is 0.400. The maximum atomic E-state index is 5.57. The predicted octanol–water partition coefficient (Wildman–Crippen LogP) is 4.33. The molecule has 0 saturated carbocycles. The van der Waals surface area contributed by atoms with Crippen molar-refractivity contribution in [3.8, 4) is 11.5 Å². The summed E-state index contributed by atoms with van der Waals surface area (Å²) in [5.41, 5.74) is 7.46. The van der Waals surface area contributed by atoms with E-state index in [-0.39, 0.29) is 6.04 Å². The van der Waals surface area contributed by atoms with Crippen LogP contribution in [0.1, 0.15) is 36.6 Å². The number of benzene rings is 2. The highest BCUT2D eigenvalue weighted by atomic mass is 79.9. The molecule has 0 fully saturated rings. The van der Waals surface area contributed by atoms with Crippen molar-refractivity contribution in [2.24, 2.45) is 0 Å². The van der Waals surface area contributed by atoms with Gasteiger partial charge >= 0.3 is 0 Å². The number of methoxy groups -OCH3 is 2. The summed E-state index contributed by atoms with van der Waals surface area (Å²) < 4.78 is 12.2. The third kappa shape index (κ3) is 3.68. The molecule has 2 unspecified atom stereocenters. The van der Waals surface area contributed by atoms with Crippen molar-refractivity contribution in [3.63, 3.8) is 0 Å². The van der Waals surface area contributed by atoms with E-state index in [0.29, 0.717) is 6.04 Å². The molecule has 0 radical (unpaired) electrons. The standard InChI is InChI=1S/C20H25BrN2O2/c1-5-23-20(14-6-8-16(21)9-7-14)17-12-19(25-4)18(24-3)11-15(17)10-13(2)22-23/h6-9,11-13,20,22H,5,10H2,1-4H3. The first-order chi connectivity index (χ1) is 12.1. The van der Waals surface area contributed by atoms with Crippen LogP contribution < -0.4 is 14.9 Å². The average Bonchev–Trinajstić information content (AvgIpc) is 2.76. The maximum absolute atomic E-state index is 5.57. The van der Waals surface area contributed by atoms with Gasteiger partial charge in [0.15, 0.2) is 11.5 Å². The molecule has 1 aliphatic rings. The number of fused-ring (bicyclic) bond motifs is 1. The van der Waals surface area contributed by atoms with Crippen molar-refractivity contribution < 1.29 is 9.47 Å². The van der Waals surface area contributed by atoms with Crippen molar-refractivity contribution in [2.75, 3.05) is 20.8 Å². The lowest BCUT2D eigenvalue weighted by Gasteiger charge is -2.32. The summed E-state index contributed by atoms with van der Waals surface area (Å²) in [4.78, 5) is 0. The van der Waals surface area contributed by atoms with Crippen LogP contribution >= 0.6 is 15.9 Å². The van der Waals surface area contributed by atoms with E-state index in [1.807, 2.05) is 0 Å². The predicted molar refractivity (Wildman–Crippen MR) is 104 cm³/mol. The third-order valence-electron chi connectivity index (χ3n) is 4.69. The molecule has 1 aliphatic heterocycles. The van der Waals surface area contributed by atoms with Crippen LogP contribution in [0.2, 0.25) is 0 Å². The molecule has 3 rings (SSSR count). The Morgan fingerprint density at radius 2 is 1.76 bits per heavy atom. The number of rotatable bonds is 4. The minimum Gasteiger partial charge on any atom is -0.493 e. The number of hydrogen-bond acceptors (Lipinski definition) is 4. The van der Waals surface area contributed by atoms with Crippen LogP contribution in [0.15, 0.2) is 40.9 Å². The second-order valence-corrected chi connectivity index (χ2v) is 7.30.